The molecule has 0 atom stereocenters. The van der Waals surface area contributed by atoms with Gasteiger partial charge < -0.3 is 5.32 Å². The maximum Gasteiger partial charge on any atom is 0.199 e. The molecular weight excluding hydrogens is 160 g/mol. The van der Waals surface area contributed by atoms with Crippen molar-refractivity contribution in [1.29, 1.82) is 0 Å². The number of nitrogens with one attached hydrogen (secondary N) is 1. The minimum absolute atomic E-state index is 0.0796. The highest BCUT2D eigenvalue weighted by Gasteiger charge is 2.00. The van der Waals surface area contributed by atoms with Gasteiger partial charge in [-0.1, -0.05) is 6.92 Å². The van der Waals surface area contributed by atoms with Crippen molar-refractivity contribution in [3.8, 4) is 0 Å². The summed E-state index contributed by atoms with van der Waals surface area (Å²) in [7, 11) is 1.91. The lowest BCUT2D eigenvalue weighted by Crippen LogP contribution is -2.31. The van der Waals surface area contributed by atoms with E-state index >= 15 is 0 Å². The van der Waals surface area contributed by atoms with Gasteiger partial charge in [-0.25, -0.2) is 0 Å². The molecule has 11 heavy (non-hydrogen) atoms. The number of hydrogen-bond donors (Lipinski definition) is 2. The van der Waals surface area contributed by atoms with E-state index in [4.69, 9.17) is 0 Å². The number of carbonyl (C=O) groups excluding carboxylic acids is 1. The molecular formula is C7H16N2OS. The molecule has 0 aliphatic carbocycles. The van der Waals surface area contributed by atoms with Gasteiger partial charge in [0.05, 0.1) is 6.54 Å². The molecule has 0 unspecified atom stereocenters. The van der Waals surface area contributed by atoms with E-state index in [-0.39, 0.29) is 5.12 Å². The van der Waals surface area contributed by atoms with Crippen LogP contribution in [0.15, 0.2) is 0 Å². The Morgan fingerprint density at radius 1 is 1.64 bits per heavy atom. The predicted molar refractivity (Wildman–Crippen MR) is 50.0 cm³/mol. The zero-order chi connectivity index (χ0) is 8.69. The van der Waals surface area contributed by atoms with Crippen LogP contribution in [0.25, 0.3) is 0 Å². The fourth-order valence-corrected chi connectivity index (χ4v) is 0.998. The van der Waals surface area contributed by atoms with Gasteiger partial charge in [-0.05, 0) is 13.6 Å². The van der Waals surface area contributed by atoms with Crippen LogP contribution in [0, 0.1) is 0 Å². The number of nitrogens with zero attached hydrogens (tertiary/aromatic N) is 1. The Hall–Kier alpha value is -0.0600. The largest absolute Gasteiger partial charge is 0.316 e. The maximum atomic E-state index is 10.5. The molecule has 4 heteroatoms. The monoisotopic (exact) mass is 176 g/mol. The van der Waals surface area contributed by atoms with Crippen LogP contribution < -0.4 is 5.32 Å². The van der Waals surface area contributed by atoms with E-state index in [2.05, 4.69) is 24.9 Å². The molecule has 0 bridgehead atoms. The molecule has 0 aliphatic rings. The maximum absolute atomic E-state index is 10.5. The second-order valence-electron chi connectivity index (χ2n) is 2.49. The van der Waals surface area contributed by atoms with Crippen LogP contribution in [0.1, 0.15) is 6.92 Å². The molecule has 1 N–H and O–H groups in total. The molecule has 3 nitrogen and oxygen atoms in total. The van der Waals surface area contributed by atoms with Gasteiger partial charge in [0.1, 0.15) is 0 Å². The van der Waals surface area contributed by atoms with E-state index in [1.165, 1.54) is 0 Å². The molecule has 0 aromatic carbocycles. The molecule has 0 spiro atoms. The Balaban J connectivity index is 3.22. The predicted octanol–water partition coefficient (Wildman–Crippen LogP) is -0.0159. The minimum Gasteiger partial charge on any atom is -0.316 e. The minimum atomic E-state index is -0.0796. The Morgan fingerprint density at radius 3 is 2.73 bits per heavy atom. The standard InChI is InChI=1S/C7H16N2OS/c1-3-8-4-5-9(2)6-7(10)11/h8H,3-6H2,1-2H3,(H,10,11). The second-order valence-corrected chi connectivity index (χ2v) is 2.98. The van der Waals surface area contributed by atoms with Crippen molar-refractivity contribution in [1.82, 2.24) is 10.2 Å². The molecule has 0 saturated heterocycles. The average Bonchev–Trinajstić information content (AvgIpc) is 1.86. The fourth-order valence-electron chi connectivity index (χ4n) is 0.757. The van der Waals surface area contributed by atoms with Crippen LogP contribution in [0.2, 0.25) is 0 Å². The Bertz CT molecular complexity index is 119. The van der Waals surface area contributed by atoms with Gasteiger partial charge in [0, 0.05) is 13.1 Å². The third-order valence-electron chi connectivity index (χ3n) is 1.33. The first-order valence-electron chi connectivity index (χ1n) is 3.78. The number of hydrogen-bond acceptors (Lipinski definition) is 3. The molecule has 0 amide bonds. The molecule has 0 aromatic heterocycles. The first-order valence-corrected chi connectivity index (χ1v) is 4.22. The smallest absolute Gasteiger partial charge is 0.199 e. The average molecular weight is 176 g/mol. The van der Waals surface area contributed by atoms with Gasteiger partial charge in [-0.3, -0.25) is 9.69 Å². The van der Waals surface area contributed by atoms with Gasteiger partial charge >= 0.3 is 0 Å². The Kier molecular flexibility index (Phi) is 6.60. The Labute approximate surface area is 73.6 Å². The number of thiol groups is 1. The zero-order valence-electron chi connectivity index (χ0n) is 7.13. The number of likely N-dealkylation sites (N-methyl/N-ethyl adjacent to an activating group) is 2. The van der Waals surface area contributed by atoms with Crippen LogP contribution in [0.5, 0.6) is 0 Å². The molecule has 0 fully saturated rings. The Morgan fingerprint density at radius 2 is 2.27 bits per heavy atom. The normalized spacial score (nSPS) is 10.5. The van der Waals surface area contributed by atoms with Gasteiger partial charge in [0.2, 0.25) is 0 Å². The molecule has 0 aliphatic heterocycles. The summed E-state index contributed by atoms with van der Waals surface area (Å²) in [5.41, 5.74) is 0. The van der Waals surface area contributed by atoms with E-state index in [0.717, 1.165) is 19.6 Å². The van der Waals surface area contributed by atoms with Crippen LogP contribution in [-0.2, 0) is 4.79 Å². The summed E-state index contributed by atoms with van der Waals surface area (Å²) in [5.74, 6) is 0. The van der Waals surface area contributed by atoms with E-state index in [0.29, 0.717) is 6.54 Å². The van der Waals surface area contributed by atoms with Crippen molar-refractivity contribution < 1.29 is 4.79 Å². The highest BCUT2D eigenvalue weighted by atomic mass is 32.1. The molecule has 0 aromatic rings. The summed E-state index contributed by atoms with van der Waals surface area (Å²) in [6, 6.07) is 0. The number of rotatable bonds is 6. The summed E-state index contributed by atoms with van der Waals surface area (Å²) in [6.45, 7) is 5.27. The van der Waals surface area contributed by atoms with Crippen molar-refractivity contribution in [2.75, 3.05) is 33.2 Å². The van der Waals surface area contributed by atoms with Gasteiger partial charge in [0.25, 0.3) is 0 Å². The van der Waals surface area contributed by atoms with Crippen molar-refractivity contribution in [2.45, 2.75) is 6.92 Å². The highest BCUT2D eigenvalue weighted by molar-refractivity contribution is 7.96. The van der Waals surface area contributed by atoms with Crippen molar-refractivity contribution >= 4 is 17.7 Å². The van der Waals surface area contributed by atoms with Crippen LogP contribution in [0.4, 0.5) is 0 Å². The SMILES string of the molecule is CCNCCN(C)CC(=O)S. The lowest BCUT2D eigenvalue weighted by atomic mass is 10.5. The third kappa shape index (κ3) is 7.84. The van der Waals surface area contributed by atoms with Gasteiger partial charge in [0.15, 0.2) is 5.12 Å². The lowest BCUT2D eigenvalue weighted by Gasteiger charge is -2.13. The highest BCUT2D eigenvalue weighted by Crippen LogP contribution is 1.84. The van der Waals surface area contributed by atoms with Crippen LogP contribution >= 0.6 is 12.6 Å². The molecule has 0 radical (unpaired) electrons. The summed E-state index contributed by atoms with van der Waals surface area (Å²) >= 11 is 3.68. The second kappa shape index (κ2) is 6.64. The zero-order valence-corrected chi connectivity index (χ0v) is 8.03. The fraction of sp³-hybridized carbons (Fsp3) is 0.857. The third-order valence-corrected chi connectivity index (χ3v) is 1.47. The van der Waals surface area contributed by atoms with Crippen LogP contribution in [-0.4, -0.2) is 43.2 Å². The van der Waals surface area contributed by atoms with Gasteiger partial charge in [-0.15, -0.1) is 12.6 Å². The first-order chi connectivity index (χ1) is 5.16. The van der Waals surface area contributed by atoms with Crippen LogP contribution in [0.3, 0.4) is 0 Å². The van der Waals surface area contributed by atoms with Gasteiger partial charge in [-0.2, -0.15) is 0 Å². The first kappa shape index (κ1) is 10.9. The molecule has 0 heterocycles. The van der Waals surface area contributed by atoms with E-state index in [1.807, 2.05) is 11.9 Å². The molecule has 66 valence electrons. The van der Waals surface area contributed by atoms with E-state index in [9.17, 15) is 4.79 Å². The molecule has 0 saturated carbocycles. The summed E-state index contributed by atoms with van der Waals surface area (Å²) in [5, 5.41) is 3.09. The topological polar surface area (TPSA) is 32.3 Å². The number of carbonyl (C=O) groups is 1. The van der Waals surface area contributed by atoms with E-state index < -0.39 is 0 Å². The van der Waals surface area contributed by atoms with Crippen molar-refractivity contribution in [3.63, 3.8) is 0 Å². The quantitative estimate of drug-likeness (QED) is 0.441. The summed E-state index contributed by atoms with van der Waals surface area (Å²) in [6.07, 6.45) is 0. The van der Waals surface area contributed by atoms with E-state index in [1.54, 1.807) is 0 Å². The summed E-state index contributed by atoms with van der Waals surface area (Å²) < 4.78 is 0. The van der Waals surface area contributed by atoms with Crippen molar-refractivity contribution in [3.05, 3.63) is 0 Å². The molecule has 0 rings (SSSR count). The van der Waals surface area contributed by atoms with Crippen molar-refractivity contribution in [2.24, 2.45) is 0 Å². The summed E-state index contributed by atoms with van der Waals surface area (Å²) in [4.78, 5) is 12.4. The lowest BCUT2D eigenvalue weighted by molar-refractivity contribution is -0.111.